The van der Waals surface area contributed by atoms with Gasteiger partial charge in [-0.05, 0) is 25.1 Å². The molecule has 0 atom stereocenters. The van der Waals surface area contributed by atoms with Crippen molar-refractivity contribution in [3.05, 3.63) is 41.3 Å². The largest absolute Gasteiger partial charge is 0.491 e. The lowest BCUT2D eigenvalue weighted by Crippen LogP contribution is -1.95. The first kappa shape index (κ1) is 12.8. The fraction of sp³-hybridized carbons (Fsp3) is 0.143. The fourth-order valence-electron chi connectivity index (χ4n) is 2.05. The Kier molecular flexibility index (Phi) is 3.23. The van der Waals surface area contributed by atoms with Gasteiger partial charge in [0.2, 0.25) is 0 Å². The normalized spacial score (nSPS) is 10.9. The molecule has 0 amide bonds. The summed E-state index contributed by atoms with van der Waals surface area (Å²) in [6, 6.07) is 4.59. The summed E-state index contributed by atoms with van der Waals surface area (Å²) in [6.45, 7) is 2.19. The van der Waals surface area contributed by atoms with Gasteiger partial charge in [-0.25, -0.2) is 9.37 Å². The van der Waals surface area contributed by atoms with Gasteiger partial charge in [0.15, 0.2) is 22.8 Å². The summed E-state index contributed by atoms with van der Waals surface area (Å²) in [7, 11) is 0. The molecule has 0 radical (unpaired) electrons. The van der Waals surface area contributed by atoms with Gasteiger partial charge in [0.05, 0.1) is 6.61 Å². The van der Waals surface area contributed by atoms with E-state index in [0.29, 0.717) is 28.5 Å². The van der Waals surface area contributed by atoms with Gasteiger partial charge in [0, 0.05) is 17.1 Å². The van der Waals surface area contributed by atoms with Gasteiger partial charge in [0.1, 0.15) is 11.4 Å². The van der Waals surface area contributed by atoms with E-state index in [0.717, 1.165) is 6.29 Å². The van der Waals surface area contributed by atoms with Gasteiger partial charge in [-0.3, -0.25) is 9.20 Å². The molecule has 3 rings (SSSR count). The molecule has 2 aromatic heterocycles. The number of nitrogens with zero attached hydrogens (tertiary/aromatic N) is 2. The van der Waals surface area contributed by atoms with E-state index < -0.39 is 5.82 Å². The molecule has 6 heteroatoms. The van der Waals surface area contributed by atoms with Crippen LogP contribution in [0, 0.1) is 5.82 Å². The molecule has 102 valence electrons. The molecule has 20 heavy (non-hydrogen) atoms. The highest BCUT2D eigenvalue weighted by molar-refractivity contribution is 7.15. The van der Waals surface area contributed by atoms with Crippen molar-refractivity contribution in [3.8, 4) is 17.0 Å². The number of imidazole rings is 1. The lowest BCUT2D eigenvalue weighted by atomic mass is 10.1. The summed E-state index contributed by atoms with van der Waals surface area (Å²) in [5.41, 5.74) is 1.46. The number of thiazole rings is 1. The first-order chi connectivity index (χ1) is 9.74. The van der Waals surface area contributed by atoms with Gasteiger partial charge >= 0.3 is 0 Å². The van der Waals surface area contributed by atoms with E-state index in [1.807, 2.05) is 5.38 Å². The van der Waals surface area contributed by atoms with Crippen molar-refractivity contribution in [3.63, 3.8) is 0 Å². The van der Waals surface area contributed by atoms with Crippen LogP contribution in [-0.2, 0) is 0 Å². The van der Waals surface area contributed by atoms with E-state index >= 15 is 0 Å². The molecule has 0 saturated carbocycles. The zero-order valence-electron chi connectivity index (χ0n) is 10.7. The van der Waals surface area contributed by atoms with Crippen molar-refractivity contribution < 1.29 is 13.9 Å². The molecule has 0 aliphatic rings. The van der Waals surface area contributed by atoms with Crippen LogP contribution in [0.4, 0.5) is 4.39 Å². The third kappa shape index (κ3) is 1.98. The predicted molar refractivity (Wildman–Crippen MR) is 75.0 cm³/mol. The summed E-state index contributed by atoms with van der Waals surface area (Å²) in [4.78, 5) is 16.3. The second-order valence-electron chi connectivity index (χ2n) is 4.10. The molecule has 0 bridgehead atoms. The summed E-state index contributed by atoms with van der Waals surface area (Å²) >= 11 is 1.42. The molecular formula is C14H11FN2O2S. The molecule has 0 unspecified atom stereocenters. The molecule has 1 aromatic carbocycles. The standard InChI is InChI=1S/C14H11FN2O2S/c1-2-19-12-4-3-9(7-10(12)15)13-11(8-18)17-5-6-20-14(17)16-13/h3-8H,2H2,1H3. The second kappa shape index (κ2) is 5.05. The molecule has 4 nitrogen and oxygen atoms in total. The minimum atomic E-state index is -0.461. The second-order valence-corrected chi connectivity index (χ2v) is 4.97. The Bertz CT molecular complexity index is 779. The van der Waals surface area contributed by atoms with Crippen LogP contribution in [0.2, 0.25) is 0 Å². The van der Waals surface area contributed by atoms with Gasteiger partial charge in [-0.15, -0.1) is 11.3 Å². The Labute approximate surface area is 118 Å². The van der Waals surface area contributed by atoms with Gasteiger partial charge in [-0.1, -0.05) is 0 Å². The SMILES string of the molecule is CCOc1ccc(-c2nc3sccn3c2C=O)cc1F. The first-order valence-electron chi connectivity index (χ1n) is 6.08. The topological polar surface area (TPSA) is 43.6 Å². The number of halogens is 1. The maximum absolute atomic E-state index is 13.9. The maximum Gasteiger partial charge on any atom is 0.194 e. The Balaban J connectivity index is 2.12. The number of carbonyl (C=O) groups is 1. The van der Waals surface area contributed by atoms with E-state index in [1.54, 1.807) is 29.7 Å². The Morgan fingerprint density at radius 2 is 2.35 bits per heavy atom. The lowest BCUT2D eigenvalue weighted by Gasteiger charge is -2.06. The lowest BCUT2D eigenvalue weighted by molar-refractivity contribution is 0.111. The molecular weight excluding hydrogens is 279 g/mol. The van der Waals surface area contributed by atoms with Crippen molar-refractivity contribution >= 4 is 22.6 Å². The van der Waals surface area contributed by atoms with E-state index in [1.165, 1.54) is 17.4 Å². The predicted octanol–water partition coefficient (Wildman–Crippen LogP) is 3.41. The van der Waals surface area contributed by atoms with Crippen LogP contribution in [0.1, 0.15) is 17.4 Å². The van der Waals surface area contributed by atoms with Crippen LogP contribution < -0.4 is 4.74 Å². The minimum Gasteiger partial charge on any atom is -0.491 e. The average molecular weight is 290 g/mol. The van der Waals surface area contributed by atoms with Crippen molar-refractivity contribution in [1.29, 1.82) is 0 Å². The van der Waals surface area contributed by atoms with Crippen LogP contribution in [0.5, 0.6) is 5.75 Å². The average Bonchev–Trinajstić information content (AvgIpc) is 3.01. The molecule has 3 aromatic rings. The molecule has 0 aliphatic heterocycles. The number of aromatic nitrogens is 2. The summed E-state index contributed by atoms with van der Waals surface area (Å²) in [6.07, 6.45) is 2.50. The highest BCUT2D eigenvalue weighted by Gasteiger charge is 2.15. The van der Waals surface area contributed by atoms with E-state index in [9.17, 15) is 9.18 Å². The van der Waals surface area contributed by atoms with Crippen molar-refractivity contribution in [2.24, 2.45) is 0 Å². The Morgan fingerprint density at radius 3 is 3.05 bits per heavy atom. The number of benzene rings is 1. The third-order valence-electron chi connectivity index (χ3n) is 2.92. The Morgan fingerprint density at radius 1 is 1.50 bits per heavy atom. The van der Waals surface area contributed by atoms with E-state index in [2.05, 4.69) is 4.98 Å². The monoisotopic (exact) mass is 290 g/mol. The fourth-order valence-corrected chi connectivity index (χ4v) is 2.77. The van der Waals surface area contributed by atoms with Crippen LogP contribution >= 0.6 is 11.3 Å². The summed E-state index contributed by atoms with van der Waals surface area (Å²) in [5.74, 6) is -0.262. The number of rotatable bonds is 4. The van der Waals surface area contributed by atoms with Crippen LogP contribution in [0.3, 0.4) is 0 Å². The summed E-state index contributed by atoms with van der Waals surface area (Å²) in [5, 5.41) is 1.85. The van der Waals surface area contributed by atoms with Crippen LogP contribution in [0.15, 0.2) is 29.8 Å². The van der Waals surface area contributed by atoms with Crippen molar-refractivity contribution in [1.82, 2.24) is 9.38 Å². The summed E-state index contributed by atoms with van der Waals surface area (Å²) < 4.78 is 20.8. The molecule has 0 N–H and O–H groups in total. The quantitative estimate of drug-likeness (QED) is 0.692. The molecule has 0 spiro atoms. The zero-order valence-corrected chi connectivity index (χ0v) is 11.5. The zero-order chi connectivity index (χ0) is 14.1. The highest BCUT2D eigenvalue weighted by atomic mass is 32.1. The Hall–Kier alpha value is -2.21. The van der Waals surface area contributed by atoms with Gasteiger partial charge < -0.3 is 4.74 Å². The third-order valence-corrected chi connectivity index (χ3v) is 3.67. The molecule has 2 heterocycles. The van der Waals surface area contributed by atoms with Gasteiger partial charge in [0.25, 0.3) is 0 Å². The molecule has 0 aliphatic carbocycles. The van der Waals surface area contributed by atoms with E-state index in [4.69, 9.17) is 4.74 Å². The molecule has 0 fully saturated rings. The number of hydrogen-bond acceptors (Lipinski definition) is 4. The van der Waals surface area contributed by atoms with E-state index in [-0.39, 0.29) is 5.75 Å². The number of fused-ring (bicyclic) bond motifs is 1. The van der Waals surface area contributed by atoms with Crippen LogP contribution in [0.25, 0.3) is 16.2 Å². The van der Waals surface area contributed by atoms with Crippen molar-refractivity contribution in [2.45, 2.75) is 6.92 Å². The van der Waals surface area contributed by atoms with Crippen molar-refractivity contribution in [2.75, 3.05) is 6.61 Å². The maximum atomic E-state index is 13.9. The van der Waals surface area contributed by atoms with Crippen LogP contribution in [-0.4, -0.2) is 22.3 Å². The van der Waals surface area contributed by atoms with Gasteiger partial charge in [-0.2, -0.15) is 0 Å². The molecule has 0 saturated heterocycles. The first-order valence-corrected chi connectivity index (χ1v) is 6.96. The highest BCUT2D eigenvalue weighted by Crippen LogP contribution is 2.29. The number of hydrogen-bond donors (Lipinski definition) is 0. The minimum absolute atomic E-state index is 0.199. The number of carbonyl (C=O) groups excluding carboxylic acids is 1. The smallest absolute Gasteiger partial charge is 0.194 e. The number of aldehydes is 1. The number of ether oxygens (including phenoxy) is 1.